The van der Waals surface area contributed by atoms with Crippen molar-refractivity contribution in [3.05, 3.63) is 0 Å². The average Bonchev–Trinajstić information content (AvgIpc) is 1.95. The van der Waals surface area contributed by atoms with E-state index in [1.807, 2.05) is 0 Å². The Labute approximate surface area is 96.7 Å². The molecule has 0 aliphatic rings. The molecule has 0 amide bonds. The first-order valence-corrected chi connectivity index (χ1v) is 4.83. The molecule has 0 fully saturated rings. The van der Waals surface area contributed by atoms with Gasteiger partial charge in [0.1, 0.15) is 0 Å². The van der Waals surface area contributed by atoms with Crippen LogP contribution in [0.2, 0.25) is 0 Å². The van der Waals surface area contributed by atoms with E-state index in [0.717, 1.165) is 0 Å². The Hall–Kier alpha value is -1.22. The Morgan fingerprint density at radius 1 is 0.824 bits per heavy atom. The van der Waals surface area contributed by atoms with Gasteiger partial charge in [-0.1, -0.05) is 0 Å². The van der Waals surface area contributed by atoms with E-state index >= 15 is 0 Å². The molecule has 0 saturated heterocycles. The zero-order valence-electron chi connectivity index (χ0n) is 8.98. The second kappa shape index (κ2) is 6.50. The number of hydrogen-bond acceptors (Lipinski definition) is 6. The number of rotatable bonds is 8. The minimum atomic E-state index is -1.92. The molecule has 6 N–H and O–H groups in total. The Balaban J connectivity index is 5.02. The molecule has 0 bridgehead atoms. The van der Waals surface area contributed by atoms with Crippen LogP contribution >= 0.6 is 0 Å². The molecular formula is C9H16O8. The predicted octanol–water partition coefficient (Wildman–Crippen LogP) is -1.68. The summed E-state index contributed by atoms with van der Waals surface area (Å²) in [5.41, 5.74) is -1.61. The molecule has 8 nitrogen and oxygen atoms in total. The summed E-state index contributed by atoms with van der Waals surface area (Å²) in [5.74, 6) is -2.71. The summed E-state index contributed by atoms with van der Waals surface area (Å²) in [6.07, 6.45) is -6.38. The fourth-order valence-electron chi connectivity index (χ4n) is 1.85. The molecule has 0 unspecified atom stereocenters. The highest BCUT2D eigenvalue weighted by Crippen LogP contribution is 2.37. The van der Waals surface area contributed by atoms with Crippen molar-refractivity contribution in [1.82, 2.24) is 0 Å². The van der Waals surface area contributed by atoms with Crippen LogP contribution in [0.25, 0.3) is 0 Å². The Morgan fingerprint density at radius 2 is 1.12 bits per heavy atom. The molecule has 0 aromatic carbocycles. The number of aliphatic carboxylic acids is 2. The van der Waals surface area contributed by atoms with Crippen LogP contribution < -0.4 is 0 Å². The van der Waals surface area contributed by atoms with Crippen molar-refractivity contribution in [3.8, 4) is 0 Å². The molecule has 0 atom stereocenters. The van der Waals surface area contributed by atoms with Crippen LogP contribution in [0, 0.1) is 5.41 Å². The molecule has 0 aliphatic heterocycles. The molecule has 100 valence electrons. The number of aliphatic hydroxyl groups is 4. The predicted molar refractivity (Wildman–Crippen MR) is 52.6 cm³/mol. The van der Waals surface area contributed by atoms with Gasteiger partial charge in [0.15, 0.2) is 12.6 Å². The lowest BCUT2D eigenvalue weighted by Crippen LogP contribution is -2.35. The first kappa shape index (κ1) is 15.8. The quantitative estimate of drug-likeness (QED) is 0.280. The minimum absolute atomic E-state index is 0.566. The highest BCUT2D eigenvalue weighted by atomic mass is 16.5. The number of carbonyl (C=O) groups is 2. The van der Waals surface area contributed by atoms with Gasteiger partial charge in [-0.05, 0) is 0 Å². The number of aliphatic hydroxyl groups excluding tert-OH is 2. The van der Waals surface area contributed by atoms with Gasteiger partial charge in [-0.2, -0.15) is 0 Å². The van der Waals surface area contributed by atoms with Gasteiger partial charge in [0.05, 0.1) is 12.8 Å². The topological polar surface area (TPSA) is 156 Å². The third-order valence-electron chi connectivity index (χ3n) is 2.28. The minimum Gasteiger partial charge on any atom is -0.481 e. The third kappa shape index (κ3) is 6.84. The van der Waals surface area contributed by atoms with Gasteiger partial charge in [-0.15, -0.1) is 0 Å². The second-order valence-electron chi connectivity index (χ2n) is 4.01. The zero-order valence-corrected chi connectivity index (χ0v) is 8.98. The number of hydrogen-bond donors (Lipinski definition) is 6. The van der Waals surface area contributed by atoms with Crippen molar-refractivity contribution in [3.63, 3.8) is 0 Å². The average molecular weight is 252 g/mol. The van der Waals surface area contributed by atoms with Crippen LogP contribution in [0.3, 0.4) is 0 Å². The first-order valence-electron chi connectivity index (χ1n) is 4.83. The molecule has 0 heterocycles. The van der Waals surface area contributed by atoms with Crippen molar-refractivity contribution >= 4 is 11.9 Å². The Morgan fingerprint density at radius 3 is 1.29 bits per heavy atom. The van der Waals surface area contributed by atoms with E-state index in [0.29, 0.717) is 0 Å². The van der Waals surface area contributed by atoms with Gasteiger partial charge in [0, 0.05) is 18.3 Å². The molecule has 0 saturated carbocycles. The first-order chi connectivity index (χ1) is 7.67. The summed E-state index contributed by atoms with van der Waals surface area (Å²) < 4.78 is 0. The van der Waals surface area contributed by atoms with E-state index < -0.39 is 55.6 Å². The molecule has 0 aromatic heterocycles. The summed E-state index contributed by atoms with van der Waals surface area (Å²) in [6, 6.07) is 0. The SMILES string of the molecule is O=C(O)CC(CC(=O)O)(CC(O)O)CC(O)O. The smallest absolute Gasteiger partial charge is 0.303 e. The molecule has 0 radical (unpaired) electrons. The maximum absolute atomic E-state index is 10.6. The highest BCUT2D eigenvalue weighted by Gasteiger charge is 2.38. The fraction of sp³-hybridized carbons (Fsp3) is 0.778. The summed E-state index contributed by atoms with van der Waals surface area (Å²) in [7, 11) is 0. The monoisotopic (exact) mass is 252 g/mol. The van der Waals surface area contributed by atoms with E-state index in [4.69, 9.17) is 30.6 Å². The lowest BCUT2D eigenvalue weighted by Gasteiger charge is -2.32. The lowest BCUT2D eigenvalue weighted by atomic mass is 9.74. The van der Waals surface area contributed by atoms with Crippen molar-refractivity contribution in [2.45, 2.75) is 38.3 Å². The molecule has 0 aromatic rings. The van der Waals surface area contributed by atoms with E-state index in [9.17, 15) is 9.59 Å². The van der Waals surface area contributed by atoms with Gasteiger partial charge in [0.25, 0.3) is 0 Å². The lowest BCUT2D eigenvalue weighted by molar-refractivity contribution is -0.154. The summed E-state index contributed by atoms with van der Waals surface area (Å²) in [6.45, 7) is 0. The van der Waals surface area contributed by atoms with Crippen LogP contribution in [0.5, 0.6) is 0 Å². The standard InChI is InChI=1S/C9H16O8/c10-5(11)1-9(2-6(12)13,3-7(14)15)4-8(16)17/h5-6,10-13H,1-4H2,(H,14,15)(H,16,17). The van der Waals surface area contributed by atoms with Crippen molar-refractivity contribution in [2.75, 3.05) is 0 Å². The zero-order chi connectivity index (χ0) is 13.6. The molecule has 17 heavy (non-hydrogen) atoms. The van der Waals surface area contributed by atoms with Crippen LogP contribution in [0.1, 0.15) is 25.7 Å². The Kier molecular flexibility index (Phi) is 6.03. The molecule has 0 rings (SSSR count). The van der Waals surface area contributed by atoms with Gasteiger partial charge in [-0.3, -0.25) is 9.59 Å². The molecule has 8 heteroatoms. The van der Waals surface area contributed by atoms with E-state index in [2.05, 4.69) is 0 Å². The van der Waals surface area contributed by atoms with Crippen molar-refractivity contribution < 1.29 is 40.2 Å². The summed E-state index contributed by atoms with van der Waals surface area (Å²) >= 11 is 0. The largest absolute Gasteiger partial charge is 0.481 e. The molecular weight excluding hydrogens is 236 g/mol. The Bertz CT molecular complexity index is 244. The normalized spacial score (nSPS) is 12.1. The van der Waals surface area contributed by atoms with Crippen LogP contribution in [-0.4, -0.2) is 55.2 Å². The van der Waals surface area contributed by atoms with Crippen LogP contribution in [-0.2, 0) is 9.59 Å². The van der Waals surface area contributed by atoms with E-state index in [-0.39, 0.29) is 0 Å². The number of carboxylic acids is 2. The summed E-state index contributed by atoms with van der Waals surface area (Å²) in [4.78, 5) is 21.3. The van der Waals surface area contributed by atoms with Crippen LogP contribution in [0.4, 0.5) is 0 Å². The maximum atomic E-state index is 10.6. The van der Waals surface area contributed by atoms with Gasteiger partial charge in [0.2, 0.25) is 0 Å². The maximum Gasteiger partial charge on any atom is 0.303 e. The molecule has 0 aliphatic carbocycles. The fourth-order valence-corrected chi connectivity index (χ4v) is 1.85. The summed E-state index contributed by atoms with van der Waals surface area (Å²) in [5, 5.41) is 52.7. The highest BCUT2D eigenvalue weighted by molar-refractivity contribution is 5.72. The molecule has 0 spiro atoms. The van der Waals surface area contributed by atoms with Crippen molar-refractivity contribution in [2.24, 2.45) is 5.41 Å². The number of carboxylic acid groups (broad SMARTS) is 2. The van der Waals surface area contributed by atoms with E-state index in [1.54, 1.807) is 0 Å². The van der Waals surface area contributed by atoms with Crippen LogP contribution in [0.15, 0.2) is 0 Å². The third-order valence-corrected chi connectivity index (χ3v) is 2.28. The second-order valence-corrected chi connectivity index (χ2v) is 4.01. The van der Waals surface area contributed by atoms with Gasteiger partial charge in [-0.25, -0.2) is 0 Å². The van der Waals surface area contributed by atoms with Gasteiger partial charge < -0.3 is 30.6 Å². The van der Waals surface area contributed by atoms with Gasteiger partial charge >= 0.3 is 11.9 Å². The van der Waals surface area contributed by atoms with Crippen molar-refractivity contribution in [1.29, 1.82) is 0 Å². The van der Waals surface area contributed by atoms with E-state index in [1.165, 1.54) is 0 Å².